The van der Waals surface area contributed by atoms with Gasteiger partial charge in [-0.25, -0.2) is 0 Å². The maximum absolute atomic E-state index is 11.9. The lowest BCUT2D eigenvalue weighted by atomic mass is 10.2. The molecule has 0 spiro atoms. The Morgan fingerprint density at radius 1 is 1.30 bits per heavy atom. The van der Waals surface area contributed by atoms with E-state index in [1.807, 2.05) is 0 Å². The summed E-state index contributed by atoms with van der Waals surface area (Å²) in [4.78, 5) is 55.7. The molecular weight excluding hydrogens is 440 g/mol. The molecule has 12 heteroatoms. The van der Waals surface area contributed by atoms with Gasteiger partial charge in [-0.3, -0.25) is 19.2 Å². The first-order valence-electron chi connectivity index (χ1n) is 6.45. The molecule has 0 saturated heterocycles. The second kappa shape index (κ2) is 12.2. The number of carbonyl (C=O) groups is 5. The number of rotatable bonds is 11. The second-order valence-electron chi connectivity index (χ2n) is 4.36. The fourth-order valence-electron chi connectivity index (χ4n) is 1.46. The standard InChI is InChI=1S/C11H17BIN3O6S/c1-6(18)15-8(5-23-12-13)11(22)14-3-9(19)16-7(4-17)2-10(20)21/h4,7-8,12H,2-3,5H2,1H3,(H,14,22)(H,15,18)(H,16,19)(H,20,21)/t7-,8-/m0/s1. The first kappa shape index (κ1) is 21.7. The average Bonchev–Trinajstić information content (AvgIpc) is 2.47. The molecule has 3 amide bonds. The van der Waals surface area contributed by atoms with Crippen LogP contribution in [0.25, 0.3) is 0 Å². The zero-order valence-corrected chi connectivity index (χ0v) is 15.3. The van der Waals surface area contributed by atoms with E-state index in [-0.39, 0.29) is 5.91 Å². The maximum atomic E-state index is 11.9. The first-order valence-corrected chi connectivity index (χ1v) is 9.13. The topological polar surface area (TPSA) is 142 Å². The van der Waals surface area contributed by atoms with Crippen LogP contribution in [0.15, 0.2) is 0 Å². The van der Waals surface area contributed by atoms with Crippen molar-refractivity contribution in [1.29, 1.82) is 0 Å². The van der Waals surface area contributed by atoms with Gasteiger partial charge in [0.15, 0.2) is 0 Å². The molecule has 0 aromatic carbocycles. The monoisotopic (exact) mass is 457 g/mol. The third-order valence-corrected chi connectivity index (χ3v) is 4.43. The fourth-order valence-corrected chi connectivity index (χ4v) is 2.78. The lowest BCUT2D eigenvalue weighted by molar-refractivity contribution is -0.139. The predicted molar refractivity (Wildman–Crippen MR) is 94.5 cm³/mol. The van der Waals surface area contributed by atoms with Crippen molar-refractivity contribution in [3.8, 4) is 0 Å². The highest BCUT2D eigenvalue weighted by molar-refractivity contribution is 14.1. The van der Waals surface area contributed by atoms with Crippen molar-refractivity contribution in [3.05, 3.63) is 0 Å². The first-order chi connectivity index (χ1) is 10.8. The number of carboxylic acid groups (broad SMARTS) is 1. The molecule has 0 saturated carbocycles. The number of aliphatic carboxylic acids is 1. The van der Waals surface area contributed by atoms with Gasteiger partial charge >= 0.3 is 5.97 Å². The Balaban J connectivity index is 4.40. The van der Waals surface area contributed by atoms with Crippen molar-refractivity contribution in [2.45, 2.75) is 25.4 Å². The van der Waals surface area contributed by atoms with E-state index >= 15 is 0 Å². The molecule has 0 bridgehead atoms. The smallest absolute Gasteiger partial charge is 0.305 e. The molecule has 0 radical (unpaired) electrons. The van der Waals surface area contributed by atoms with Crippen molar-refractivity contribution < 1.29 is 29.1 Å². The van der Waals surface area contributed by atoms with Crippen LogP contribution in [-0.2, 0) is 24.0 Å². The van der Waals surface area contributed by atoms with E-state index in [9.17, 15) is 24.0 Å². The summed E-state index contributed by atoms with van der Waals surface area (Å²) in [7, 11) is 0. The largest absolute Gasteiger partial charge is 0.481 e. The molecule has 0 aliphatic carbocycles. The summed E-state index contributed by atoms with van der Waals surface area (Å²) in [5, 5.41) is 15.6. The van der Waals surface area contributed by atoms with Gasteiger partial charge in [0.1, 0.15) is 12.3 Å². The van der Waals surface area contributed by atoms with Gasteiger partial charge in [0, 0.05) is 12.7 Å². The number of hydrogen-bond donors (Lipinski definition) is 4. The van der Waals surface area contributed by atoms with Gasteiger partial charge in [0.2, 0.25) is 17.7 Å². The van der Waals surface area contributed by atoms with E-state index in [1.165, 1.54) is 18.5 Å². The van der Waals surface area contributed by atoms with Crippen LogP contribution >= 0.6 is 34.0 Å². The van der Waals surface area contributed by atoms with Crippen LogP contribution in [0.3, 0.4) is 0 Å². The van der Waals surface area contributed by atoms with Gasteiger partial charge in [0.25, 0.3) is 4.41 Å². The summed E-state index contributed by atoms with van der Waals surface area (Å²) < 4.78 is 0.734. The van der Waals surface area contributed by atoms with Gasteiger partial charge in [-0.05, 0) is 0 Å². The summed E-state index contributed by atoms with van der Waals surface area (Å²) >= 11 is 3.55. The summed E-state index contributed by atoms with van der Waals surface area (Å²) in [6, 6.07) is -1.93. The molecule has 0 aliphatic rings. The summed E-state index contributed by atoms with van der Waals surface area (Å²) in [6.07, 6.45) is -0.227. The van der Waals surface area contributed by atoms with Crippen molar-refractivity contribution in [3.63, 3.8) is 0 Å². The quantitative estimate of drug-likeness (QED) is 0.163. The SMILES string of the molecule is CC(=O)N[C@@H](CSBI)C(=O)NCC(=O)N[C@H](C=O)CC(=O)O. The molecule has 128 valence electrons. The Hall–Kier alpha value is -1.31. The second-order valence-corrected chi connectivity index (χ2v) is 7.19. The Kier molecular flexibility index (Phi) is 11.5. The van der Waals surface area contributed by atoms with E-state index in [4.69, 9.17) is 5.11 Å². The van der Waals surface area contributed by atoms with Crippen LogP contribution in [0.4, 0.5) is 0 Å². The van der Waals surface area contributed by atoms with Gasteiger partial charge in [0.05, 0.1) is 19.0 Å². The number of nitrogens with one attached hydrogen (secondary N) is 3. The molecule has 0 aromatic heterocycles. The van der Waals surface area contributed by atoms with Gasteiger partial charge in [-0.2, -0.15) is 11.6 Å². The van der Waals surface area contributed by atoms with Crippen LogP contribution in [-0.4, -0.2) is 63.9 Å². The zero-order valence-electron chi connectivity index (χ0n) is 12.3. The van der Waals surface area contributed by atoms with Gasteiger partial charge < -0.3 is 25.9 Å². The summed E-state index contributed by atoms with van der Waals surface area (Å²) in [5.41, 5.74) is 0. The van der Waals surface area contributed by atoms with Crippen LogP contribution in [0, 0.1) is 0 Å². The minimum Gasteiger partial charge on any atom is -0.481 e. The number of hydrogen-bond acceptors (Lipinski definition) is 6. The predicted octanol–water partition coefficient (Wildman–Crippen LogP) is -1.80. The molecule has 23 heavy (non-hydrogen) atoms. The number of amides is 3. The molecule has 2 atom stereocenters. The molecule has 0 aliphatic heterocycles. The van der Waals surface area contributed by atoms with E-state index in [0.29, 0.717) is 12.0 Å². The normalized spacial score (nSPS) is 12.4. The van der Waals surface area contributed by atoms with Gasteiger partial charge in [-0.15, -0.1) is 22.4 Å². The van der Waals surface area contributed by atoms with Gasteiger partial charge in [-0.1, -0.05) is 0 Å². The number of aldehydes is 1. The Labute approximate surface area is 151 Å². The van der Waals surface area contributed by atoms with Crippen molar-refractivity contribution in [1.82, 2.24) is 16.0 Å². The third kappa shape index (κ3) is 11.0. The molecule has 0 rings (SSSR count). The van der Waals surface area contributed by atoms with Crippen molar-refractivity contribution >= 4 is 68.4 Å². The number of carboxylic acids is 1. The molecular formula is C11H17BIN3O6S. The summed E-state index contributed by atoms with van der Waals surface area (Å²) in [5.74, 6) is -2.47. The third-order valence-electron chi connectivity index (χ3n) is 2.38. The van der Waals surface area contributed by atoms with Crippen molar-refractivity contribution in [2.75, 3.05) is 12.3 Å². The van der Waals surface area contributed by atoms with E-state index in [2.05, 4.69) is 38.3 Å². The van der Waals surface area contributed by atoms with Crippen LogP contribution in [0.2, 0.25) is 0 Å². The molecule has 4 N–H and O–H groups in total. The van der Waals surface area contributed by atoms with E-state index < -0.39 is 42.8 Å². The van der Waals surface area contributed by atoms with E-state index in [1.54, 1.807) is 0 Å². The van der Waals surface area contributed by atoms with Crippen molar-refractivity contribution in [2.24, 2.45) is 0 Å². The summed E-state index contributed by atoms with van der Waals surface area (Å²) in [6.45, 7) is 0.857. The Morgan fingerprint density at radius 3 is 2.43 bits per heavy atom. The lowest BCUT2D eigenvalue weighted by Crippen LogP contribution is -2.51. The Morgan fingerprint density at radius 2 is 1.96 bits per heavy atom. The minimum atomic E-state index is -1.23. The molecule has 0 fully saturated rings. The molecule has 0 unspecified atom stereocenters. The minimum absolute atomic E-state index is 0.311. The Bertz CT molecular complexity index is 467. The van der Waals surface area contributed by atoms with Crippen LogP contribution in [0.5, 0.6) is 0 Å². The van der Waals surface area contributed by atoms with E-state index in [0.717, 1.165) is 4.41 Å². The average molecular weight is 457 g/mol. The fraction of sp³-hybridized carbons (Fsp3) is 0.545. The number of halogens is 1. The van der Waals surface area contributed by atoms with Crippen LogP contribution < -0.4 is 16.0 Å². The van der Waals surface area contributed by atoms with Crippen LogP contribution in [0.1, 0.15) is 13.3 Å². The highest BCUT2D eigenvalue weighted by Crippen LogP contribution is 2.04. The molecule has 9 nitrogen and oxygen atoms in total. The number of carbonyl (C=O) groups excluding carboxylic acids is 4. The lowest BCUT2D eigenvalue weighted by Gasteiger charge is -2.17. The zero-order chi connectivity index (χ0) is 17.8. The molecule has 0 heterocycles. The highest BCUT2D eigenvalue weighted by Gasteiger charge is 2.21. The highest BCUT2D eigenvalue weighted by atomic mass is 127. The maximum Gasteiger partial charge on any atom is 0.305 e. The molecule has 0 aromatic rings.